The van der Waals surface area contributed by atoms with Crippen LogP contribution in [0.1, 0.15) is 24.1 Å². The summed E-state index contributed by atoms with van der Waals surface area (Å²) in [6.45, 7) is 7.32. The summed E-state index contributed by atoms with van der Waals surface area (Å²) in [5.74, 6) is -0.685. The van der Waals surface area contributed by atoms with Crippen LogP contribution in [0.3, 0.4) is 0 Å². The average molecular weight is 512 g/mol. The number of hydrazine groups is 1. The van der Waals surface area contributed by atoms with Gasteiger partial charge in [-0.25, -0.2) is 9.40 Å². The number of anilines is 2. The lowest BCUT2D eigenvalue weighted by Crippen LogP contribution is -2.48. The highest BCUT2D eigenvalue weighted by Gasteiger charge is 2.30. The van der Waals surface area contributed by atoms with Crippen molar-refractivity contribution in [2.75, 3.05) is 49.9 Å². The number of hydrogen-bond acceptors (Lipinski definition) is 6. The highest BCUT2D eigenvalue weighted by Crippen LogP contribution is 2.39. The van der Waals surface area contributed by atoms with Gasteiger partial charge in [-0.05, 0) is 48.4 Å². The summed E-state index contributed by atoms with van der Waals surface area (Å²) in [5, 5.41) is 5.05. The van der Waals surface area contributed by atoms with E-state index >= 15 is 0 Å². The third-order valence-corrected chi connectivity index (χ3v) is 6.68. The molecule has 1 amide bonds. The molecule has 2 aliphatic heterocycles. The van der Waals surface area contributed by atoms with Crippen molar-refractivity contribution in [3.8, 4) is 0 Å². The Hall–Kier alpha value is -3.04. The minimum atomic E-state index is -0.616. The third-order valence-electron chi connectivity index (χ3n) is 6.39. The number of allylic oxidation sites excluding steroid dienone is 3. The number of pyridine rings is 1. The van der Waals surface area contributed by atoms with Gasteiger partial charge in [-0.3, -0.25) is 14.7 Å². The number of benzene rings is 1. The van der Waals surface area contributed by atoms with Crippen LogP contribution in [0.25, 0.3) is 0 Å². The van der Waals surface area contributed by atoms with E-state index in [1.165, 1.54) is 0 Å². The number of morpholine rings is 1. The summed E-state index contributed by atoms with van der Waals surface area (Å²) in [6, 6.07) is 9.83. The summed E-state index contributed by atoms with van der Waals surface area (Å²) in [6.07, 6.45) is 6.56. The van der Waals surface area contributed by atoms with E-state index in [9.17, 15) is 9.18 Å². The standard InChI is InChI=1S/C27H31ClFN5O2/c1-4-19(13-21(15-28)18(2)29)16-34-11-12-36-25(17-34)27(35)31-22-5-6-24-23(14-22)26(33(3)32-24)20-7-9-30-10-8-20/h4-10,13-14,25-26,32H,2,11-12,15-17H2,1,3H3,(H,31,35)/b19-4+,21-13-. The summed E-state index contributed by atoms with van der Waals surface area (Å²) < 4.78 is 19.4. The van der Waals surface area contributed by atoms with Crippen molar-refractivity contribution in [2.24, 2.45) is 0 Å². The molecule has 0 aliphatic carbocycles. The first-order valence-electron chi connectivity index (χ1n) is 11.8. The Labute approximate surface area is 216 Å². The smallest absolute Gasteiger partial charge is 0.254 e. The molecule has 1 aromatic heterocycles. The quantitative estimate of drug-likeness (QED) is 0.396. The first kappa shape index (κ1) is 26.0. The zero-order chi connectivity index (χ0) is 25.7. The molecule has 9 heteroatoms. The van der Waals surface area contributed by atoms with Gasteiger partial charge in [-0.2, -0.15) is 0 Å². The van der Waals surface area contributed by atoms with Gasteiger partial charge in [0, 0.05) is 55.9 Å². The zero-order valence-corrected chi connectivity index (χ0v) is 21.3. The number of nitrogens with zero attached hydrogens (tertiary/aromatic N) is 3. The van der Waals surface area contributed by atoms with E-state index in [1.807, 2.05) is 55.4 Å². The molecule has 2 N–H and O–H groups in total. The molecule has 36 heavy (non-hydrogen) atoms. The van der Waals surface area contributed by atoms with Crippen LogP contribution in [0, 0.1) is 0 Å². The van der Waals surface area contributed by atoms with Crippen molar-refractivity contribution in [3.63, 3.8) is 0 Å². The number of halogens is 2. The molecular weight excluding hydrogens is 481 g/mol. The number of carbonyl (C=O) groups is 1. The molecule has 2 aliphatic rings. The predicted molar refractivity (Wildman–Crippen MR) is 142 cm³/mol. The Balaban J connectivity index is 1.42. The van der Waals surface area contributed by atoms with E-state index in [0.717, 1.165) is 22.4 Å². The largest absolute Gasteiger partial charge is 0.366 e. The van der Waals surface area contributed by atoms with Crippen LogP contribution in [-0.2, 0) is 9.53 Å². The van der Waals surface area contributed by atoms with Crippen LogP contribution in [0.4, 0.5) is 15.8 Å². The van der Waals surface area contributed by atoms with Crippen molar-refractivity contribution in [1.82, 2.24) is 14.9 Å². The molecule has 2 unspecified atom stereocenters. The summed E-state index contributed by atoms with van der Waals surface area (Å²) in [5.41, 5.74) is 8.51. The number of aromatic nitrogens is 1. The molecule has 0 saturated carbocycles. The maximum Gasteiger partial charge on any atom is 0.254 e. The molecule has 0 radical (unpaired) electrons. The molecule has 1 fully saturated rings. The van der Waals surface area contributed by atoms with Crippen LogP contribution in [0.5, 0.6) is 0 Å². The molecule has 3 heterocycles. The lowest BCUT2D eigenvalue weighted by Gasteiger charge is -2.32. The fourth-order valence-corrected chi connectivity index (χ4v) is 4.72. The summed E-state index contributed by atoms with van der Waals surface area (Å²) in [4.78, 5) is 19.3. The summed E-state index contributed by atoms with van der Waals surface area (Å²) in [7, 11) is 1.99. The summed E-state index contributed by atoms with van der Waals surface area (Å²) >= 11 is 5.84. The van der Waals surface area contributed by atoms with Crippen molar-refractivity contribution in [2.45, 2.75) is 19.1 Å². The number of rotatable bonds is 8. The Morgan fingerprint density at radius 3 is 2.83 bits per heavy atom. The van der Waals surface area contributed by atoms with Crippen molar-refractivity contribution in [1.29, 1.82) is 0 Å². The normalized spacial score (nSPS) is 21.1. The van der Waals surface area contributed by atoms with Gasteiger partial charge < -0.3 is 15.5 Å². The highest BCUT2D eigenvalue weighted by atomic mass is 35.5. The van der Waals surface area contributed by atoms with Crippen LogP contribution < -0.4 is 10.7 Å². The third kappa shape index (κ3) is 6.02. The van der Waals surface area contributed by atoms with E-state index in [0.29, 0.717) is 37.5 Å². The molecule has 0 spiro atoms. The van der Waals surface area contributed by atoms with Gasteiger partial charge in [0.05, 0.1) is 24.2 Å². The molecule has 7 nitrogen and oxygen atoms in total. The molecule has 2 atom stereocenters. The topological polar surface area (TPSA) is 69.7 Å². The maximum absolute atomic E-state index is 13.6. The number of alkyl halides is 1. The van der Waals surface area contributed by atoms with Crippen LogP contribution in [-0.4, -0.2) is 66.1 Å². The zero-order valence-electron chi connectivity index (χ0n) is 20.5. The second-order valence-corrected chi connectivity index (χ2v) is 9.13. The van der Waals surface area contributed by atoms with Crippen LogP contribution in [0.2, 0.25) is 0 Å². The molecule has 190 valence electrons. The molecule has 1 saturated heterocycles. The van der Waals surface area contributed by atoms with Gasteiger partial charge in [-0.1, -0.05) is 18.7 Å². The maximum atomic E-state index is 13.6. The Bertz CT molecular complexity index is 1170. The van der Waals surface area contributed by atoms with Crippen molar-refractivity contribution in [3.05, 3.63) is 89.6 Å². The Morgan fingerprint density at radius 2 is 2.14 bits per heavy atom. The predicted octanol–water partition coefficient (Wildman–Crippen LogP) is 4.68. The van der Waals surface area contributed by atoms with Crippen LogP contribution >= 0.6 is 11.6 Å². The number of fused-ring (bicyclic) bond motifs is 1. The number of amides is 1. The Kier molecular flexibility index (Phi) is 8.53. The lowest BCUT2D eigenvalue weighted by atomic mass is 9.99. The van der Waals surface area contributed by atoms with Gasteiger partial charge in [0.1, 0.15) is 11.9 Å². The molecule has 2 aromatic rings. The van der Waals surface area contributed by atoms with E-state index in [-0.39, 0.29) is 17.8 Å². The first-order chi connectivity index (χ1) is 17.4. The van der Waals surface area contributed by atoms with Crippen LogP contribution in [0.15, 0.2) is 78.4 Å². The van der Waals surface area contributed by atoms with E-state index in [2.05, 4.69) is 27.2 Å². The van der Waals surface area contributed by atoms with E-state index in [1.54, 1.807) is 18.5 Å². The lowest BCUT2D eigenvalue weighted by molar-refractivity contribution is -0.132. The van der Waals surface area contributed by atoms with Crippen molar-refractivity contribution >= 4 is 28.9 Å². The fourth-order valence-electron chi connectivity index (χ4n) is 4.50. The number of nitrogens with one attached hydrogen (secondary N) is 2. The van der Waals surface area contributed by atoms with Gasteiger partial charge in [-0.15, -0.1) is 11.6 Å². The number of ether oxygens (including phenoxy) is 1. The monoisotopic (exact) mass is 511 g/mol. The molecule has 0 bridgehead atoms. The fraction of sp³-hybridized carbons (Fsp3) is 0.333. The average Bonchev–Trinajstić information content (AvgIpc) is 3.21. The van der Waals surface area contributed by atoms with Gasteiger partial charge in [0.15, 0.2) is 0 Å². The number of hydrogen-bond donors (Lipinski definition) is 2. The minimum absolute atomic E-state index is 0.00635. The highest BCUT2D eigenvalue weighted by molar-refractivity contribution is 6.19. The molecule has 1 aromatic carbocycles. The second-order valence-electron chi connectivity index (χ2n) is 8.86. The molecule has 4 rings (SSSR count). The second kappa shape index (κ2) is 11.8. The SMILES string of the molecule is C=C(F)/C(=C\C(=C/C)CN1CCOC(C(=O)Nc2ccc3c(c2)C(c2ccncc2)N(C)N3)C1)CCl. The van der Waals surface area contributed by atoms with Gasteiger partial charge in [0.2, 0.25) is 0 Å². The number of carbonyl (C=O) groups excluding carboxylic acids is 1. The van der Waals surface area contributed by atoms with Gasteiger partial charge >= 0.3 is 0 Å². The van der Waals surface area contributed by atoms with E-state index in [4.69, 9.17) is 16.3 Å². The molecular formula is C27H31ClFN5O2. The Morgan fingerprint density at radius 1 is 1.36 bits per heavy atom. The van der Waals surface area contributed by atoms with Gasteiger partial charge in [0.25, 0.3) is 5.91 Å². The first-order valence-corrected chi connectivity index (χ1v) is 12.4. The van der Waals surface area contributed by atoms with Crippen molar-refractivity contribution < 1.29 is 13.9 Å². The van der Waals surface area contributed by atoms with E-state index < -0.39 is 11.9 Å². The minimum Gasteiger partial charge on any atom is -0.366 e.